The lowest BCUT2D eigenvalue weighted by Gasteiger charge is -2.19. The quantitative estimate of drug-likeness (QED) is 0.241. The Balaban J connectivity index is 1.29. The van der Waals surface area contributed by atoms with Crippen LogP contribution in [0.3, 0.4) is 0 Å². The molecule has 1 amide bonds. The number of hydrogen-bond donors (Lipinski definition) is 2. The van der Waals surface area contributed by atoms with Crippen LogP contribution in [-0.4, -0.2) is 54.3 Å². The number of carbonyl (C=O) groups excluding carboxylic acids is 1. The molecule has 0 aliphatic heterocycles. The minimum atomic E-state index is -3.10. The Morgan fingerprint density at radius 2 is 1.79 bits per heavy atom. The van der Waals surface area contributed by atoms with Gasteiger partial charge in [0.2, 0.25) is 17.8 Å². The molecule has 0 atom stereocenters. The Morgan fingerprint density at radius 3 is 2.52 bits per heavy atom. The molecule has 0 aliphatic rings. The van der Waals surface area contributed by atoms with Crippen LogP contribution in [0.25, 0.3) is 11.0 Å². The van der Waals surface area contributed by atoms with Crippen LogP contribution < -0.4 is 20.3 Å². The Bertz CT molecular complexity index is 1850. The van der Waals surface area contributed by atoms with Gasteiger partial charge in [-0.15, -0.1) is 0 Å². The second-order valence-electron chi connectivity index (χ2n) is 9.93. The molecule has 3 aromatic carbocycles. The van der Waals surface area contributed by atoms with E-state index in [2.05, 4.69) is 25.6 Å². The number of benzene rings is 3. The number of sulfone groups is 1. The van der Waals surface area contributed by atoms with Gasteiger partial charge in [-0.2, -0.15) is 4.98 Å². The molecule has 0 radical (unpaired) electrons. The number of carbonyl (C=O) groups is 1. The van der Waals surface area contributed by atoms with Crippen molar-refractivity contribution in [3.63, 3.8) is 0 Å². The molecule has 2 heterocycles. The van der Waals surface area contributed by atoms with Crippen molar-refractivity contribution in [2.75, 3.05) is 35.9 Å². The third-order valence-electron chi connectivity index (χ3n) is 6.63. The fourth-order valence-electron chi connectivity index (χ4n) is 4.49. The molecule has 0 saturated heterocycles. The van der Waals surface area contributed by atoms with Gasteiger partial charge in [0.15, 0.2) is 9.84 Å². The van der Waals surface area contributed by atoms with Gasteiger partial charge in [0.1, 0.15) is 11.6 Å². The van der Waals surface area contributed by atoms with Crippen LogP contribution in [0.2, 0.25) is 0 Å². The van der Waals surface area contributed by atoms with Crippen molar-refractivity contribution >= 4 is 55.9 Å². The number of imidazole rings is 1. The first-order chi connectivity index (χ1) is 20.1. The van der Waals surface area contributed by atoms with Crippen LogP contribution in [-0.2, 0) is 33.9 Å². The largest absolute Gasteiger partial charge is 0.497 e. The number of nitrogens with zero attached hydrogens (tertiary/aromatic N) is 5. The van der Waals surface area contributed by atoms with E-state index in [-0.39, 0.29) is 18.1 Å². The van der Waals surface area contributed by atoms with E-state index in [0.29, 0.717) is 29.0 Å². The molecule has 0 bridgehead atoms. The maximum atomic E-state index is 12.7. The number of aryl methyl sites for hydroxylation is 1. The van der Waals surface area contributed by atoms with Gasteiger partial charge < -0.3 is 19.5 Å². The molecule has 0 aliphatic carbocycles. The Morgan fingerprint density at radius 1 is 1.00 bits per heavy atom. The van der Waals surface area contributed by atoms with Crippen molar-refractivity contribution in [2.45, 2.75) is 12.2 Å². The van der Waals surface area contributed by atoms with Crippen LogP contribution in [0, 0.1) is 0 Å². The molecule has 5 aromatic rings. The molecule has 11 nitrogen and oxygen atoms in total. The molecule has 5 rings (SSSR count). The summed E-state index contributed by atoms with van der Waals surface area (Å²) in [6.45, 7) is 0. The highest BCUT2D eigenvalue weighted by atomic mass is 32.2. The third-order valence-corrected chi connectivity index (χ3v) is 7.48. The Hall–Kier alpha value is -4.97. The first kappa shape index (κ1) is 28.6. The molecule has 2 aromatic heterocycles. The summed E-state index contributed by atoms with van der Waals surface area (Å²) in [5.74, 6) is 2.02. The van der Waals surface area contributed by atoms with Crippen LogP contribution in [0.15, 0.2) is 79.0 Å². The van der Waals surface area contributed by atoms with Crippen molar-refractivity contribution < 1.29 is 17.9 Å². The van der Waals surface area contributed by atoms with Gasteiger partial charge in [0.25, 0.3) is 0 Å². The Kier molecular flexibility index (Phi) is 8.07. The summed E-state index contributed by atoms with van der Waals surface area (Å²) in [4.78, 5) is 28.3. The lowest BCUT2D eigenvalue weighted by atomic mass is 10.1. The molecule has 2 N–H and O–H groups in total. The smallest absolute Gasteiger partial charge is 0.231 e. The number of anilines is 5. The predicted octanol–water partition coefficient (Wildman–Crippen LogP) is 4.61. The van der Waals surface area contributed by atoms with Gasteiger partial charge >= 0.3 is 0 Å². The Labute approximate surface area is 244 Å². The van der Waals surface area contributed by atoms with Crippen LogP contribution in [0.5, 0.6) is 5.75 Å². The minimum Gasteiger partial charge on any atom is -0.497 e. The molecule has 0 unspecified atom stereocenters. The first-order valence-electron chi connectivity index (χ1n) is 13.1. The molecule has 42 heavy (non-hydrogen) atoms. The summed E-state index contributed by atoms with van der Waals surface area (Å²) in [7, 11) is 2.24. The summed E-state index contributed by atoms with van der Waals surface area (Å²) >= 11 is 0. The van der Waals surface area contributed by atoms with Crippen LogP contribution in [0.4, 0.5) is 29.1 Å². The van der Waals surface area contributed by atoms with E-state index in [4.69, 9.17) is 4.74 Å². The molecular weight excluding hydrogens is 554 g/mol. The highest BCUT2D eigenvalue weighted by Gasteiger charge is 2.15. The summed E-state index contributed by atoms with van der Waals surface area (Å²) in [6, 6.07) is 22.2. The average molecular weight is 586 g/mol. The topological polar surface area (TPSA) is 131 Å². The standard InChI is InChI=1S/C30H31N7O4S/c1-36(27-14-15-31-29(34-27)32-22-10-8-20(9-11-22)19-42(4,39)40)23-12-13-26-25(18-23)33-30(37(26)2)35-28(38)17-21-6-5-7-24(16-21)41-3/h5-16,18H,17,19H2,1-4H3,(H,31,32,34)(H,33,35,38). The third kappa shape index (κ3) is 6.84. The maximum Gasteiger partial charge on any atom is 0.231 e. The average Bonchev–Trinajstić information content (AvgIpc) is 3.27. The zero-order valence-electron chi connectivity index (χ0n) is 23.7. The van der Waals surface area contributed by atoms with Gasteiger partial charge in [-0.1, -0.05) is 24.3 Å². The van der Waals surface area contributed by atoms with E-state index in [9.17, 15) is 13.2 Å². The van der Waals surface area contributed by atoms with Gasteiger partial charge in [-0.25, -0.2) is 18.4 Å². The zero-order valence-corrected chi connectivity index (χ0v) is 24.5. The molecule has 0 fully saturated rings. The van der Waals surface area contributed by atoms with E-state index in [1.165, 1.54) is 6.26 Å². The van der Waals surface area contributed by atoms with Crippen LogP contribution in [0.1, 0.15) is 11.1 Å². The summed E-state index contributed by atoms with van der Waals surface area (Å²) < 4.78 is 30.2. The number of fused-ring (bicyclic) bond motifs is 1. The monoisotopic (exact) mass is 585 g/mol. The van der Waals surface area contributed by atoms with E-state index < -0.39 is 9.84 Å². The second-order valence-corrected chi connectivity index (χ2v) is 12.1. The van der Waals surface area contributed by atoms with Crippen molar-refractivity contribution in [1.82, 2.24) is 19.5 Å². The number of hydrogen-bond acceptors (Lipinski definition) is 9. The number of methoxy groups -OCH3 is 1. The fourth-order valence-corrected chi connectivity index (χ4v) is 5.29. The second kappa shape index (κ2) is 11.9. The fraction of sp³-hybridized carbons (Fsp3) is 0.200. The SMILES string of the molecule is COc1cccc(CC(=O)Nc2nc3cc(N(C)c4ccnc(Nc5ccc(CS(C)(=O)=O)cc5)n4)ccc3n2C)c1. The normalized spacial score (nSPS) is 11.3. The predicted molar refractivity (Wildman–Crippen MR) is 164 cm³/mol. The van der Waals surface area contributed by atoms with Crippen molar-refractivity contribution in [3.8, 4) is 5.75 Å². The first-order valence-corrected chi connectivity index (χ1v) is 15.1. The number of aromatic nitrogens is 4. The highest BCUT2D eigenvalue weighted by molar-refractivity contribution is 7.89. The molecule has 0 spiro atoms. The minimum absolute atomic E-state index is 0.0120. The summed E-state index contributed by atoms with van der Waals surface area (Å²) in [5, 5.41) is 6.07. The van der Waals surface area contributed by atoms with E-state index in [1.54, 1.807) is 43.6 Å². The number of rotatable bonds is 10. The van der Waals surface area contributed by atoms with Gasteiger partial charge in [-0.05, 0) is 59.7 Å². The highest BCUT2D eigenvalue weighted by Crippen LogP contribution is 2.28. The summed E-state index contributed by atoms with van der Waals surface area (Å²) in [5.41, 5.74) is 4.74. The summed E-state index contributed by atoms with van der Waals surface area (Å²) in [6.07, 6.45) is 3.07. The van der Waals surface area contributed by atoms with Crippen molar-refractivity contribution in [3.05, 3.63) is 90.1 Å². The van der Waals surface area contributed by atoms with E-state index in [0.717, 1.165) is 28.0 Å². The van der Waals surface area contributed by atoms with Crippen LogP contribution >= 0.6 is 0 Å². The number of amides is 1. The van der Waals surface area contributed by atoms with Gasteiger partial charge in [-0.3, -0.25) is 10.1 Å². The lowest BCUT2D eigenvalue weighted by Crippen LogP contribution is -2.17. The lowest BCUT2D eigenvalue weighted by molar-refractivity contribution is -0.115. The molecule has 0 saturated carbocycles. The van der Waals surface area contributed by atoms with Crippen molar-refractivity contribution in [1.29, 1.82) is 0 Å². The zero-order chi connectivity index (χ0) is 29.9. The number of nitrogens with one attached hydrogen (secondary N) is 2. The van der Waals surface area contributed by atoms with E-state index in [1.807, 2.05) is 66.0 Å². The molecule has 216 valence electrons. The van der Waals surface area contributed by atoms with Crippen molar-refractivity contribution in [2.24, 2.45) is 7.05 Å². The molecule has 12 heteroatoms. The number of ether oxygens (including phenoxy) is 1. The van der Waals surface area contributed by atoms with E-state index >= 15 is 0 Å². The van der Waals surface area contributed by atoms with Gasteiger partial charge in [0.05, 0.1) is 30.3 Å². The van der Waals surface area contributed by atoms with Gasteiger partial charge in [0, 0.05) is 37.9 Å². The maximum absolute atomic E-state index is 12.7. The molecular formula is C30H31N7O4S.